The molecule has 4 rings (SSSR count). The second-order valence-electron chi connectivity index (χ2n) is 6.62. The average Bonchev–Trinajstić information content (AvgIpc) is 3.25. The molecule has 144 valence electrons. The molecule has 0 bridgehead atoms. The highest BCUT2D eigenvalue weighted by molar-refractivity contribution is 5.91. The molecule has 1 unspecified atom stereocenters. The fraction of sp³-hybridized carbons (Fsp3) is 0.286. The lowest BCUT2D eigenvalue weighted by Crippen LogP contribution is -2.19. The van der Waals surface area contributed by atoms with Crippen LogP contribution in [0.2, 0.25) is 0 Å². The minimum atomic E-state index is -0.367. The molecule has 0 saturated carbocycles. The van der Waals surface area contributed by atoms with Crippen LogP contribution in [-0.4, -0.2) is 42.3 Å². The van der Waals surface area contributed by atoms with Crippen LogP contribution in [0.25, 0.3) is 10.9 Å². The molecule has 7 nitrogen and oxygen atoms in total. The van der Waals surface area contributed by atoms with Gasteiger partial charge < -0.3 is 20.1 Å². The predicted octanol–water partition coefficient (Wildman–Crippen LogP) is 3.75. The number of hydrogen-bond acceptors (Lipinski definition) is 7. The van der Waals surface area contributed by atoms with Crippen molar-refractivity contribution in [2.75, 3.05) is 30.9 Å². The van der Waals surface area contributed by atoms with Gasteiger partial charge in [0.2, 0.25) is 5.95 Å². The number of ether oxygens (including phenoxy) is 2. The SMILES string of the molecule is COC(=O)c1ccc(Nc2nc(NCC3CCCO3)c3ccccc3n2)cc1. The largest absolute Gasteiger partial charge is 0.465 e. The Labute approximate surface area is 163 Å². The van der Waals surface area contributed by atoms with E-state index in [2.05, 4.69) is 20.6 Å². The topological polar surface area (TPSA) is 85.4 Å². The Kier molecular flexibility index (Phi) is 5.34. The molecule has 0 aliphatic carbocycles. The summed E-state index contributed by atoms with van der Waals surface area (Å²) in [7, 11) is 1.36. The van der Waals surface area contributed by atoms with Crippen LogP contribution in [0.1, 0.15) is 23.2 Å². The van der Waals surface area contributed by atoms with Crippen molar-refractivity contribution in [1.82, 2.24) is 9.97 Å². The van der Waals surface area contributed by atoms with E-state index in [4.69, 9.17) is 9.47 Å². The number of fused-ring (bicyclic) bond motifs is 1. The first-order valence-electron chi connectivity index (χ1n) is 9.30. The standard InChI is InChI=1S/C21H22N4O3/c1-27-20(26)14-8-10-15(11-9-14)23-21-24-18-7-3-2-6-17(18)19(25-21)22-13-16-5-4-12-28-16/h2-3,6-11,16H,4-5,12-13H2,1H3,(H2,22,23,24,25). The van der Waals surface area contributed by atoms with E-state index in [1.807, 2.05) is 24.3 Å². The van der Waals surface area contributed by atoms with Crippen LogP contribution < -0.4 is 10.6 Å². The number of esters is 1. The minimum Gasteiger partial charge on any atom is -0.465 e. The number of benzene rings is 2. The Morgan fingerprint density at radius 1 is 1.18 bits per heavy atom. The summed E-state index contributed by atoms with van der Waals surface area (Å²) < 4.78 is 10.4. The zero-order valence-corrected chi connectivity index (χ0v) is 15.6. The fourth-order valence-electron chi connectivity index (χ4n) is 3.22. The zero-order chi connectivity index (χ0) is 19.3. The number of carbonyl (C=O) groups excluding carboxylic acids is 1. The van der Waals surface area contributed by atoms with Crippen molar-refractivity contribution < 1.29 is 14.3 Å². The summed E-state index contributed by atoms with van der Waals surface area (Å²) in [5.41, 5.74) is 2.13. The molecular weight excluding hydrogens is 356 g/mol. The van der Waals surface area contributed by atoms with Crippen LogP contribution in [-0.2, 0) is 9.47 Å². The molecule has 2 heterocycles. The van der Waals surface area contributed by atoms with Gasteiger partial charge in [-0.15, -0.1) is 0 Å². The van der Waals surface area contributed by atoms with E-state index in [-0.39, 0.29) is 12.1 Å². The molecule has 0 amide bonds. The summed E-state index contributed by atoms with van der Waals surface area (Å²) in [5, 5.41) is 7.58. The molecule has 2 N–H and O–H groups in total. The molecule has 2 aromatic carbocycles. The maximum Gasteiger partial charge on any atom is 0.337 e. The van der Waals surface area contributed by atoms with E-state index in [9.17, 15) is 4.79 Å². The monoisotopic (exact) mass is 378 g/mol. The Morgan fingerprint density at radius 3 is 2.75 bits per heavy atom. The van der Waals surface area contributed by atoms with Crippen molar-refractivity contribution in [3.05, 3.63) is 54.1 Å². The molecule has 1 saturated heterocycles. The first kappa shape index (κ1) is 18.2. The number of para-hydroxylation sites is 1. The van der Waals surface area contributed by atoms with Gasteiger partial charge in [-0.2, -0.15) is 4.98 Å². The van der Waals surface area contributed by atoms with E-state index in [1.54, 1.807) is 24.3 Å². The highest BCUT2D eigenvalue weighted by Gasteiger charge is 2.16. The van der Waals surface area contributed by atoms with Crippen molar-refractivity contribution >= 4 is 34.3 Å². The van der Waals surface area contributed by atoms with Gasteiger partial charge in [0.25, 0.3) is 0 Å². The highest BCUT2D eigenvalue weighted by atomic mass is 16.5. The summed E-state index contributed by atoms with van der Waals surface area (Å²) in [6, 6.07) is 14.9. The Hall–Kier alpha value is -3.19. The lowest BCUT2D eigenvalue weighted by atomic mass is 10.2. The maximum atomic E-state index is 11.6. The minimum absolute atomic E-state index is 0.219. The van der Waals surface area contributed by atoms with Crippen LogP contribution in [0.15, 0.2) is 48.5 Å². The number of methoxy groups -OCH3 is 1. The molecule has 1 atom stereocenters. The number of rotatable bonds is 6. The normalized spacial score (nSPS) is 16.1. The smallest absolute Gasteiger partial charge is 0.337 e. The third-order valence-electron chi connectivity index (χ3n) is 4.69. The summed E-state index contributed by atoms with van der Waals surface area (Å²) in [5.74, 6) is 0.892. The number of hydrogen-bond donors (Lipinski definition) is 2. The van der Waals surface area contributed by atoms with Crippen LogP contribution in [0, 0.1) is 0 Å². The van der Waals surface area contributed by atoms with Crippen molar-refractivity contribution in [3.8, 4) is 0 Å². The fourth-order valence-corrected chi connectivity index (χ4v) is 3.22. The van der Waals surface area contributed by atoms with E-state index >= 15 is 0 Å². The van der Waals surface area contributed by atoms with Crippen LogP contribution in [0.3, 0.4) is 0 Å². The van der Waals surface area contributed by atoms with Crippen LogP contribution >= 0.6 is 0 Å². The quantitative estimate of drug-likeness (QED) is 0.632. The van der Waals surface area contributed by atoms with E-state index < -0.39 is 0 Å². The van der Waals surface area contributed by atoms with Gasteiger partial charge in [0, 0.05) is 24.2 Å². The number of carbonyl (C=O) groups is 1. The molecule has 1 aliphatic heterocycles. The second-order valence-corrected chi connectivity index (χ2v) is 6.62. The molecule has 7 heteroatoms. The van der Waals surface area contributed by atoms with Gasteiger partial charge in [0.05, 0.1) is 24.3 Å². The van der Waals surface area contributed by atoms with Crippen LogP contribution in [0.4, 0.5) is 17.5 Å². The molecule has 0 spiro atoms. The van der Waals surface area contributed by atoms with Crippen molar-refractivity contribution in [2.24, 2.45) is 0 Å². The number of aromatic nitrogens is 2. The van der Waals surface area contributed by atoms with Gasteiger partial charge in [0.1, 0.15) is 5.82 Å². The summed E-state index contributed by atoms with van der Waals surface area (Å²) in [4.78, 5) is 20.8. The lowest BCUT2D eigenvalue weighted by Gasteiger charge is -2.14. The molecule has 1 aromatic heterocycles. The van der Waals surface area contributed by atoms with Gasteiger partial charge in [-0.1, -0.05) is 12.1 Å². The molecular formula is C21H22N4O3. The zero-order valence-electron chi connectivity index (χ0n) is 15.6. The Bertz CT molecular complexity index is 969. The molecule has 3 aromatic rings. The second kappa shape index (κ2) is 8.22. The van der Waals surface area contributed by atoms with Gasteiger partial charge in [-0.05, 0) is 49.2 Å². The molecule has 1 aliphatic rings. The van der Waals surface area contributed by atoms with Crippen molar-refractivity contribution in [3.63, 3.8) is 0 Å². The average molecular weight is 378 g/mol. The Balaban J connectivity index is 1.57. The molecule has 1 fully saturated rings. The lowest BCUT2D eigenvalue weighted by molar-refractivity contribution is 0.0601. The maximum absolute atomic E-state index is 11.6. The predicted molar refractivity (Wildman–Crippen MR) is 108 cm³/mol. The van der Waals surface area contributed by atoms with Gasteiger partial charge >= 0.3 is 5.97 Å². The number of anilines is 3. The molecule has 28 heavy (non-hydrogen) atoms. The number of nitrogens with zero attached hydrogens (tertiary/aromatic N) is 2. The number of nitrogens with one attached hydrogen (secondary N) is 2. The van der Waals surface area contributed by atoms with Crippen molar-refractivity contribution in [1.29, 1.82) is 0 Å². The van der Waals surface area contributed by atoms with Gasteiger partial charge in [-0.3, -0.25) is 0 Å². The van der Waals surface area contributed by atoms with Crippen LogP contribution in [0.5, 0.6) is 0 Å². The van der Waals surface area contributed by atoms with Gasteiger partial charge in [-0.25, -0.2) is 9.78 Å². The van der Waals surface area contributed by atoms with E-state index in [0.717, 1.165) is 41.9 Å². The third-order valence-corrected chi connectivity index (χ3v) is 4.69. The third kappa shape index (κ3) is 4.04. The van der Waals surface area contributed by atoms with Gasteiger partial charge in [0.15, 0.2) is 0 Å². The summed E-state index contributed by atoms with van der Waals surface area (Å²) in [6.07, 6.45) is 2.38. The summed E-state index contributed by atoms with van der Waals surface area (Å²) in [6.45, 7) is 1.54. The first-order valence-corrected chi connectivity index (χ1v) is 9.30. The first-order chi connectivity index (χ1) is 13.7. The Morgan fingerprint density at radius 2 is 2.00 bits per heavy atom. The highest BCUT2D eigenvalue weighted by Crippen LogP contribution is 2.24. The summed E-state index contributed by atoms with van der Waals surface area (Å²) >= 11 is 0. The van der Waals surface area contributed by atoms with Crippen molar-refractivity contribution in [2.45, 2.75) is 18.9 Å². The van der Waals surface area contributed by atoms with E-state index in [0.29, 0.717) is 18.1 Å². The molecule has 0 radical (unpaired) electrons. The van der Waals surface area contributed by atoms with E-state index in [1.165, 1.54) is 7.11 Å².